The van der Waals surface area contributed by atoms with Crippen molar-refractivity contribution in [2.24, 2.45) is 4.99 Å². The van der Waals surface area contributed by atoms with Gasteiger partial charge in [0.25, 0.3) is 0 Å². The Morgan fingerprint density at radius 1 is 1.30 bits per heavy atom. The molecule has 0 saturated heterocycles. The molecule has 1 aliphatic heterocycles. The Labute approximate surface area is 61.2 Å². The minimum Gasteiger partial charge on any atom is -0.285 e. The van der Waals surface area contributed by atoms with Crippen LogP contribution in [0.15, 0.2) is 28.3 Å². The van der Waals surface area contributed by atoms with Crippen LogP contribution in [0.3, 0.4) is 0 Å². The lowest BCUT2D eigenvalue weighted by Crippen LogP contribution is -1.96. The standard InChI is InChI=1S/C9H11N/c1-7-9-5-3-2-4-8(9)6-10-7/h4-5H,2-3,6H2,1H3. The van der Waals surface area contributed by atoms with Crippen LogP contribution in [0.5, 0.6) is 0 Å². The van der Waals surface area contributed by atoms with Crippen LogP contribution in [-0.2, 0) is 0 Å². The molecule has 0 spiro atoms. The lowest BCUT2D eigenvalue weighted by atomic mass is 9.97. The van der Waals surface area contributed by atoms with E-state index in [1.54, 1.807) is 0 Å². The molecule has 0 aromatic rings. The summed E-state index contributed by atoms with van der Waals surface area (Å²) in [7, 11) is 0. The van der Waals surface area contributed by atoms with Gasteiger partial charge in [-0.15, -0.1) is 0 Å². The molecule has 0 fully saturated rings. The largest absolute Gasteiger partial charge is 0.285 e. The van der Waals surface area contributed by atoms with Crippen molar-refractivity contribution in [3.63, 3.8) is 0 Å². The van der Waals surface area contributed by atoms with Gasteiger partial charge in [0, 0.05) is 5.71 Å². The number of aliphatic imine (C=N–C) groups is 1. The number of rotatable bonds is 0. The Kier molecular flexibility index (Phi) is 1.23. The van der Waals surface area contributed by atoms with Crippen molar-refractivity contribution in [3.8, 4) is 0 Å². The van der Waals surface area contributed by atoms with E-state index in [0.717, 1.165) is 6.54 Å². The monoisotopic (exact) mass is 133 g/mol. The van der Waals surface area contributed by atoms with E-state index in [0.29, 0.717) is 0 Å². The molecular formula is C9H11N. The summed E-state index contributed by atoms with van der Waals surface area (Å²) in [5.74, 6) is 0. The van der Waals surface area contributed by atoms with Crippen molar-refractivity contribution in [1.82, 2.24) is 0 Å². The van der Waals surface area contributed by atoms with E-state index >= 15 is 0 Å². The van der Waals surface area contributed by atoms with Crippen LogP contribution in [0, 0.1) is 0 Å². The predicted molar refractivity (Wildman–Crippen MR) is 43.4 cm³/mol. The highest BCUT2D eigenvalue weighted by atomic mass is 14.8. The molecule has 0 atom stereocenters. The van der Waals surface area contributed by atoms with Crippen LogP contribution in [0.2, 0.25) is 0 Å². The fourth-order valence-electron chi connectivity index (χ4n) is 1.55. The summed E-state index contributed by atoms with van der Waals surface area (Å²) in [6, 6.07) is 0. The molecule has 2 aliphatic rings. The summed E-state index contributed by atoms with van der Waals surface area (Å²) in [5.41, 5.74) is 4.08. The van der Waals surface area contributed by atoms with Gasteiger partial charge in [-0.05, 0) is 30.9 Å². The van der Waals surface area contributed by atoms with Crippen molar-refractivity contribution in [1.29, 1.82) is 0 Å². The summed E-state index contributed by atoms with van der Waals surface area (Å²) in [6.45, 7) is 3.02. The molecule has 1 heterocycles. The zero-order valence-electron chi connectivity index (χ0n) is 6.22. The Morgan fingerprint density at radius 2 is 2.10 bits per heavy atom. The molecule has 1 heteroatoms. The van der Waals surface area contributed by atoms with E-state index in [1.807, 2.05) is 0 Å². The minimum absolute atomic E-state index is 0.928. The quantitative estimate of drug-likeness (QED) is 0.480. The Hall–Kier alpha value is -0.850. The molecule has 0 N–H and O–H groups in total. The second-order valence-electron chi connectivity index (χ2n) is 2.83. The molecule has 0 amide bonds. The van der Waals surface area contributed by atoms with Crippen LogP contribution in [0.1, 0.15) is 19.8 Å². The average Bonchev–Trinajstić information content (AvgIpc) is 2.34. The third kappa shape index (κ3) is 0.737. The fraction of sp³-hybridized carbons (Fsp3) is 0.444. The number of fused-ring (bicyclic) bond motifs is 1. The number of hydrogen-bond donors (Lipinski definition) is 0. The van der Waals surface area contributed by atoms with E-state index in [2.05, 4.69) is 24.1 Å². The highest BCUT2D eigenvalue weighted by Gasteiger charge is 2.15. The molecule has 1 aliphatic carbocycles. The lowest BCUT2D eigenvalue weighted by Gasteiger charge is -2.06. The van der Waals surface area contributed by atoms with Crippen molar-refractivity contribution in [3.05, 3.63) is 23.3 Å². The van der Waals surface area contributed by atoms with Crippen molar-refractivity contribution >= 4 is 5.71 Å². The van der Waals surface area contributed by atoms with Gasteiger partial charge in [0.2, 0.25) is 0 Å². The maximum absolute atomic E-state index is 4.36. The molecule has 2 rings (SSSR count). The first-order valence-electron chi connectivity index (χ1n) is 3.79. The van der Waals surface area contributed by atoms with Gasteiger partial charge in [-0.3, -0.25) is 4.99 Å². The van der Waals surface area contributed by atoms with Crippen LogP contribution in [-0.4, -0.2) is 12.3 Å². The zero-order chi connectivity index (χ0) is 6.97. The second kappa shape index (κ2) is 2.08. The van der Waals surface area contributed by atoms with Crippen LogP contribution >= 0.6 is 0 Å². The number of nitrogens with zero attached hydrogens (tertiary/aromatic N) is 1. The van der Waals surface area contributed by atoms with Gasteiger partial charge in [0.15, 0.2) is 0 Å². The maximum atomic E-state index is 4.36. The van der Waals surface area contributed by atoms with Crippen LogP contribution < -0.4 is 0 Å². The first-order chi connectivity index (χ1) is 4.88. The molecule has 10 heavy (non-hydrogen) atoms. The van der Waals surface area contributed by atoms with Gasteiger partial charge < -0.3 is 0 Å². The fourth-order valence-corrected chi connectivity index (χ4v) is 1.55. The van der Waals surface area contributed by atoms with E-state index in [1.165, 1.54) is 29.7 Å². The average molecular weight is 133 g/mol. The van der Waals surface area contributed by atoms with Crippen LogP contribution in [0.4, 0.5) is 0 Å². The third-order valence-electron chi connectivity index (χ3n) is 2.13. The summed E-state index contributed by atoms with van der Waals surface area (Å²) < 4.78 is 0. The predicted octanol–water partition coefficient (Wildman–Crippen LogP) is 2.11. The van der Waals surface area contributed by atoms with Gasteiger partial charge in [-0.25, -0.2) is 0 Å². The van der Waals surface area contributed by atoms with E-state index in [-0.39, 0.29) is 0 Å². The molecule has 0 unspecified atom stereocenters. The van der Waals surface area contributed by atoms with E-state index < -0.39 is 0 Å². The van der Waals surface area contributed by atoms with E-state index in [4.69, 9.17) is 0 Å². The van der Waals surface area contributed by atoms with Gasteiger partial charge in [0.1, 0.15) is 0 Å². The summed E-state index contributed by atoms with van der Waals surface area (Å²) in [5, 5.41) is 0. The molecule has 0 saturated carbocycles. The van der Waals surface area contributed by atoms with Crippen LogP contribution in [0.25, 0.3) is 0 Å². The summed E-state index contributed by atoms with van der Waals surface area (Å²) in [4.78, 5) is 4.36. The molecule has 0 radical (unpaired) electrons. The van der Waals surface area contributed by atoms with Gasteiger partial charge in [-0.2, -0.15) is 0 Å². The molecule has 0 aromatic heterocycles. The molecular weight excluding hydrogens is 122 g/mol. The lowest BCUT2D eigenvalue weighted by molar-refractivity contribution is 1.000. The first kappa shape index (κ1) is 5.90. The second-order valence-corrected chi connectivity index (χ2v) is 2.83. The topological polar surface area (TPSA) is 12.4 Å². The SMILES string of the molecule is CC1=NCC2=CCCC=C21. The molecule has 0 aromatic carbocycles. The zero-order valence-corrected chi connectivity index (χ0v) is 6.22. The normalized spacial score (nSPS) is 23.1. The smallest absolute Gasteiger partial charge is 0.0646 e. The van der Waals surface area contributed by atoms with Gasteiger partial charge in [0.05, 0.1) is 6.54 Å². The maximum Gasteiger partial charge on any atom is 0.0646 e. The molecule has 52 valence electrons. The first-order valence-corrected chi connectivity index (χ1v) is 3.79. The Morgan fingerprint density at radius 3 is 2.90 bits per heavy atom. The highest BCUT2D eigenvalue weighted by molar-refractivity contribution is 6.04. The number of hydrogen-bond acceptors (Lipinski definition) is 1. The van der Waals surface area contributed by atoms with Crippen molar-refractivity contribution in [2.45, 2.75) is 19.8 Å². The van der Waals surface area contributed by atoms with Crippen molar-refractivity contribution < 1.29 is 0 Å². The minimum atomic E-state index is 0.928. The Balaban J connectivity index is 2.39. The van der Waals surface area contributed by atoms with E-state index in [9.17, 15) is 0 Å². The molecule has 1 nitrogen and oxygen atoms in total. The third-order valence-corrected chi connectivity index (χ3v) is 2.13. The molecule has 0 bridgehead atoms. The van der Waals surface area contributed by atoms with Crippen molar-refractivity contribution in [2.75, 3.05) is 6.54 Å². The highest BCUT2D eigenvalue weighted by Crippen LogP contribution is 2.24. The Bertz CT molecular complexity index is 243. The summed E-state index contributed by atoms with van der Waals surface area (Å²) in [6.07, 6.45) is 7.03. The number of allylic oxidation sites excluding steroid dienone is 2. The van der Waals surface area contributed by atoms with Gasteiger partial charge in [-0.1, -0.05) is 12.2 Å². The summed E-state index contributed by atoms with van der Waals surface area (Å²) >= 11 is 0. The van der Waals surface area contributed by atoms with Gasteiger partial charge >= 0.3 is 0 Å².